The second-order valence-electron chi connectivity index (χ2n) is 8.26. The number of rotatable bonds is 2. The topological polar surface area (TPSA) is 116 Å². The highest BCUT2D eigenvalue weighted by Gasteiger charge is 2.34. The summed E-state index contributed by atoms with van der Waals surface area (Å²) in [5, 5.41) is 10.2. The molecule has 0 aliphatic rings. The van der Waals surface area contributed by atoms with Gasteiger partial charge in [0.25, 0.3) is 0 Å². The van der Waals surface area contributed by atoms with Crippen molar-refractivity contribution in [2.45, 2.75) is 59.7 Å². The Hall–Kier alpha value is -3.23. The fourth-order valence-corrected chi connectivity index (χ4v) is 2.07. The summed E-state index contributed by atoms with van der Waals surface area (Å²) in [4.78, 5) is 38.8. The molecule has 0 aromatic carbocycles. The maximum atomic E-state index is 12.8. The van der Waals surface area contributed by atoms with Crippen LogP contribution >= 0.6 is 0 Å². The Morgan fingerprint density at radius 1 is 0.967 bits per heavy atom. The smallest absolute Gasteiger partial charge is 0.424 e. The van der Waals surface area contributed by atoms with Crippen LogP contribution in [0.5, 0.6) is 11.5 Å². The van der Waals surface area contributed by atoms with Gasteiger partial charge in [0.15, 0.2) is 17.3 Å². The van der Waals surface area contributed by atoms with Gasteiger partial charge in [-0.1, -0.05) is 12.1 Å². The average molecular weight is 423 g/mol. The Bertz CT molecular complexity index is 877. The van der Waals surface area contributed by atoms with E-state index in [1.165, 1.54) is 38.3 Å². The Kier molecular flexibility index (Phi) is 7.87. The van der Waals surface area contributed by atoms with E-state index in [0.29, 0.717) is 4.90 Å². The molecular formula is C21H29NO8. The SMILES string of the molecule is COc1ccccc(N(C(=O)OC(C)(C)C)C(=O)OC(C)(C)C)c(=O)oc(C)c1O. The fraction of sp³-hybridized carbons (Fsp3) is 0.476. The van der Waals surface area contributed by atoms with E-state index in [4.69, 9.17) is 18.6 Å². The molecule has 30 heavy (non-hydrogen) atoms. The van der Waals surface area contributed by atoms with Gasteiger partial charge in [0.2, 0.25) is 0 Å². The lowest BCUT2D eigenvalue weighted by molar-refractivity contribution is 0.0429. The number of aryl methyl sites for hydroxylation is 1. The summed E-state index contributed by atoms with van der Waals surface area (Å²) in [7, 11) is 1.34. The number of amides is 2. The summed E-state index contributed by atoms with van der Waals surface area (Å²) in [5.74, 6) is -0.551. The van der Waals surface area contributed by atoms with Crippen LogP contribution in [0.3, 0.4) is 0 Å². The van der Waals surface area contributed by atoms with Crippen molar-refractivity contribution < 1.29 is 33.3 Å². The van der Waals surface area contributed by atoms with Gasteiger partial charge in [0.05, 0.1) is 7.11 Å². The standard InChI is InChI=1S/C21H29NO8/c1-13-16(23)15(27-8)12-10-9-11-14(17(24)28-13)22(18(25)29-20(2,3)4)19(26)30-21(5,6)7/h9-12,23H,1-8H3. The van der Waals surface area contributed by atoms with Crippen LogP contribution < -0.4 is 15.3 Å². The molecule has 0 saturated heterocycles. The second-order valence-corrected chi connectivity index (χ2v) is 8.26. The molecule has 0 saturated carbocycles. The minimum absolute atomic E-state index is 0.0598. The van der Waals surface area contributed by atoms with E-state index < -0.39 is 40.5 Å². The summed E-state index contributed by atoms with van der Waals surface area (Å²) in [6.45, 7) is 11.0. The third-order valence-electron chi connectivity index (χ3n) is 3.25. The van der Waals surface area contributed by atoms with Crippen molar-refractivity contribution in [2.24, 2.45) is 0 Å². The minimum Gasteiger partial charge on any atom is -0.502 e. The molecule has 1 aromatic heterocycles. The third kappa shape index (κ3) is 7.31. The number of nitrogens with zero attached hydrogens (tertiary/aromatic N) is 1. The number of aromatic hydroxyl groups is 1. The number of methoxy groups -OCH3 is 1. The van der Waals surface area contributed by atoms with Crippen molar-refractivity contribution >= 4 is 17.9 Å². The molecule has 0 aliphatic carbocycles. The average Bonchev–Trinajstić information content (AvgIpc) is 2.55. The Morgan fingerprint density at radius 3 is 1.87 bits per heavy atom. The molecule has 166 valence electrons. The normalized spacial score (nSPS) is 11.2. The van der Waals surface area contributed by atoms with Crippen molar-refractivity contribution in [2.75, 3.05) is 12.0 Å². The summed E-state index contributed by atoms with van der Waals surface area (Å²) in [6.07, 6.45) is -2.24. The molecule has 2 amide bonds. The molecule has 0 spiro atoms. The number of hydrogen-bond acceptors (Lipinski definition) is 8. The third-order valence-corrected chi connectivity index (χ3v) is 3.25. The number of carbonyl (C=O) groups excluding carboxylic acids is 2. The molecule has 0 fully saturated rings. The van der Waals surface area contributed by atoms with Crippen LogP contribution in [0.1, 0.15) is 47.3 Å². The van der Waals surface area contributed by atoms with Gasteiger partial charge in [-0.25, -0.2) is 14.4 Å². The highest BCUT2D eigenvalue weighted by atomic mass is 16.6. The van der Waals surface area contributed by atoms with Crippen LogP contribution in [0.15, 0.2) is 33.5 Å². The summed E-state index contributed by atoms with van der Waals surface area (Å²) in [5.41, 5.74) is -3.44. The number of imide groups is 1. The summed E-state index contributed by atoms with van der Waals surface area (Å²) in [6, 6.07) is 5.42. The van der Waals surface area contributed by atoms with Gasteiger partial charge in [-0.05, 0) is 60.6 Å². The first-order valence-corrected chi connectivity index (χ1v) is 9.17. The maximum absolute atomic E-state index is 12.8. The molecule has 9 nitrogen and oxygen atoms in total. The van der Waals surface area contributed by atoms with Gasteiger partial charge in [-0.15, -0.1) is 0 Å². The quantitative estimate of drug-likeness (QED) is 0.741. The Balaban J connectivity index is 3.77. The van der Waals surface area contributed by atoms with E-state index in [-0.39, 0.29) is 11.5 Å². The predicted molar refractivity (Wildman–Crippen MR) is 111 cm³/mol. The first kappa shape index (κ1) is 24.8. The maximum Gasteiger partial charge on any atom is 0.424 e. The molecule has 1 heterocycles. The van der Waals surface area contributed by atoms with E-state index in [1.54, 1.807) is 41.5 Å². The first-order valence-electron chi connectivity index (χ1n) is 9.17. The Morgan fingerprint density at radius 2 is 1.43 bits per heavy atom. The zero-order valence-corrected chi connectivity index (χ0v) is 18.6. The number of anilines is 1. The van der Waals surface area contributed by atoms with E-state index in [2.05, 4.69) is 0 Å². The van der Waals surface area contributed by atoms with Crippen LogP contribution in [-0.2, 0) is 9.47 Å². The van der Waals surface area contributed by atoms with E-state index in [1.807, 2.05) is 0 Å². The van der Waals surface area contributed by atoms with Crippen molar-refractivity contribution in [1.82, 2.24) is 0 Å². The highest BCUT2D eigenvalue weighted by molar-refractivity contribution is 6.09. The highest BCUT2D eigenvalue weighted by Crippen LogP contribution is 2.26. The number of carbonyl (C=O) groups is 2. The molecule has 0 unspecified atom stereocenters. The number of ether oxygens (including phenoxy) is 3. The molecule has 0 atom stereocenters. The van der Waals surface area contributed by atoms with E-state index in [0.717, 1.165) is 0 Å². The van der Waals surface area contributed by atoms with Crippen LogP contribution in [0, 0.1) is 6.92 Å². The lowest BCUT2D eigenvalue weighted by Gasteiger charge is -2.27. The minimum atomic E-state index is -1.12. The molecule has 1 aromatic rings. The van der Waals surface area contributed by atoms with E-state index >= 15 is 0 Å². The summed E-state index contributed by atoms with van der Waals surface area (Å²) < 4.78 is 20.7. The van der Waals surface area contributed by atoms with Crippen molar-refractivity contribution in [3.05, 3.63) is 40.4 Å². The fourth-order valence-electron chi connectivity index (χ4n) is 2.07. The van der Waals surface area contributed by atoms with Crippen LogP contribution in [0.2, 0.25) is 0 Å². The van der Waals surface area contributed by atoms with Gasteiger partial charge >= 0.3 is 17.8 Å². The molecule has 0 aliphatic heterocycles. The molecule has 9 heteroatoms. The monoisotopic (exact) mass is 423 g/mol. The lowest BCUT2D eigenvalue weighted by atomic mass is 10.2. The molecular weight excluding hydrogens is 394 g/mol. The molecule has 1 N–H and O–H groups in total. The van der Waals surface area contributed by atoms with Crippen molar-refractivity contribution in [3.63, 3.8) is 0 Å². The molecule has 0 bridgehead atoms. The van der Waals surface area contributed by atoms with Crippen LogP contribution in [-0.4, -0.2) is 35.6 Å². The zero-order valence-electron chi connectivity index (χ0n) is 18.6. The molecule has 0 radical (unpaired) electrons. The van der Waals surface area contributed by atoms with Gasteiger partial charge in [-0.2, -0.15) is 4.90 Å². The largest absolute Gasteiger partial charge is 0.502 e. The van der Waals surface area contributed by atoms with E-state index in [9.17, 15) is 19.5 Å². The van der Waals surface area contributed by atoms with Gasteiger partial charge in [0, 0.05) is 0 Å². The van der Waals surface area contributed by atoms with Crippen LogP contribution in [0.4, 0.5) is 15.3 Å². The molecule has 1 rings (SSSR count). The van der Waals surface area contributed by atoms with Gasteiger partial charge in [0.1, 0.15) is 16.9 Å². The lowest BCUT2D eigenvalue weighted by Crippen LogP contribution is -2.45. The van der Waals surface area contributed by atoms with Gasteiger partial charge in [-0.3, -0.25) is 0 Å². The predicted octanol–water partition coefficient (Wildman–Crippen LogP) is 4.46. The van der Waals surface area contributed by atoms with Crippen LogP contribution in [0.25, 0.3) is 0 Å². The first-order chi connectivity index (χ1) is 13.7. The second kappa shape index (κ2) is 9.51. The van der Waals surface area contributed by atoms with Gasteiger partial charge < -0.3 is 23.7 Å². The van der Waals surface area contributed by atoms with Crippen molar-refractivity contribution in [1.29, 1.82) is 0 Å². The van der Waals surface area contributed by atoms with Crippen molar-refractivity contribution in [3.8, 4) is 11.5 Å². The zero-order chi connectivity index (χ0) is 23.3. The Labute approximate surface area is 175 Å². The summed E-state index contributed by atoms with van der Waals surface area (Å²) >= 11 is 0. The number of hydrogen-bond donors (Lipinski definition) is 1.